The minimum Gasteiger partial charge on any atom is -0.265 e. The summed E-state index contributed by atoms with van der Waals surface area (Å²) >= 11 is 0. The van der Waals surface area contributed by atoms with Gasteiger partial charge >= 0.3 is 0 Å². The zero-order valence-electron chi connectivity index (χ0n) is 8.80. The van der Waals surface area contributed by atoms with E-state index >= 15 is 0 Å². The van der Waals surface area contributed by atoms with Crippen LogP contribution in [0.15, 0.2) is 55.5 Å². The summed E-state index contributed by atoms with van der Waals surface area (Å²) in [6.45, 7) is 5.59. The highest BCUT2D eigenvalue weighted by Crippen LogP contribution is 1.98. The molecule has 0 spiro atoms. The van der Waals surface area contributed by atoms with E-state index in [-0.39, 0.29) is 0 Å². The lowest BCUT2D eigenvalue weighted by atomic mass is 10.2. The summed E-state index contributed by atoms with van der Waals surface area (Å²) in [5.74, 6) is 0. The first-order valence-corrected chi connectivity index (χ1v) is 4.73. The molecule has 0 saturated carbocycles. The third-order valence-corrected chi connectivity index (χ3v) is 1.74. The summed E-state index contributed by atoms with van der Waals surface area (Å²) in [6.07, 6.45) is 7.09. The number of nitrogens with zero attached hydrogens (tertiary/aromatic N) is 2. The van der Waals surface area contributed by atoms with Gasteiger partial charge in [-0.25, -0.2) is 0 Å². The lowest BCUT2D eigenvalue weighted by molar-refractivity contribution is 1.19. The molecule has 0 aliphatic rings. The van der Waals surface area contributed by atoms with Crippen molar-refractivity contribution in [3.05, 3.63) is 66.8 Å². The molecular formula is C13H14N2. The van der Waals surface area contributed by atoms with Crippen LogP contribution < -0.4 is 0 Å². The molecule has 0 unspecified atom stereocenters. The molecule has 76 valence electrons. The molecule has 2 heterocycles. The molecule has 0 atom stereocenters. The zero-order chi connectivity index (χ0) is 10.9. The first-order valence-electron chi connectivity index (χ1n) is 4.73. The Kier molecular flexibility index (Phi) is 4.81. The number of aryl methyl sites for hydroxylation is 1. The van der Waals surface area contributed by atoms with Crippen molar-refractivity contribution in [2.45, 2.75) is 6.92 Å². The molecular weight excluding hydrogens is 184 g/mol. The number of aromatic nitrogens is 2. The highest BCUT2D eigenvalue weighted by Gasteiger charge is 1.83. The van der Waals surface area contributed by atoms with Gasteiger partial charge in [0.05, 0.1) is 0 Å². The minimum absolute atomic E-state index is 1.04. The largest absolute Gasteiger partial charge is 0.265 e. The van der Waals surface area contributed by atoms with Gasteiger partial charge in [0.25, 0.3) is 0 Å². The van der Waals surface area contributed by atoms with E-state index in [1.54, 1.807) is 18.5 Å². The highest BCUT2D eigenvalue weighted by molar-refractivity contribution is 5.44. The molecule has 0 aliphatic heterocycles. The van der Waals surface area contributed by atoms with Gasteiger partial charge in [-0.3, -0.25) is 9.97 Å². The molecule has 2 nitrogen and oxygen atoms in total. The zero-order valence-corrected chi connectivity index (χ0v) is 8.80. The molecule has 0 saturated heterocycles. The molecule has 0 amide bonds. The molecule has 2 aromatic rings. The number of rotatable bonds is 1. The summed E-state index contributed by atoms with van der Waals surface area (Å²) in [6, 6.07) is 9.68. The van der Waals surface area contributed by atoms with E-state index in [1.165, 1.54) is 0 Å². The van der Waals surface area contributed by atoms with Crippen molar-refractivity contribution >= 4 is 6.08 Å². The average molecular weight is 198 g/mol. The minimum atomic E-state index is 1.04. The summed E-state index contributed by atoms with van der Waals surface area (Å²) in [5, 5.41) is 0. The summed E-state index contributed by atoms with van der Waals surface area (Å²) < 4.78 is 0. The number of pyridine rings is 2. The standard InChI is InChI=1S/C8H9N.C5H5N/c1-3-8-5-4-7(2)9-6-8;1-2-4-6-5-3-1/h3-6H,1H2,2H3;1-5H. The monoisotopic (exact) mass is 198 g/mol. The third kappa shape index (κ3) is 4.72. The fourth-order valence-corrected chi connectivity index (χ4v) is 0.913. The van der Waals surface area contributed by atoms with E-state index in [0.29, 0.717) is 0 Å². The van der Waals surface area contributed by atoms with Crippen molar-refractivity contribution in [1.82, 2.24) is 9.97 Å². The SMILES string of the molecule is C=Cc1ccc(C)nc1.c1ccncc1. The maximum atomic E-state index is 4.08. The van der Waals surface area contributed by atoms with Gasteiger partial charge in [0, 0.05) is 24.3 Å². The Morgan fingerprint density at radius 3 is 2.20 bits per heavy atom. The highest BCUT2D eigenvalue weighted by atomic mass is 14.6. The van der Waals surface area contributed by atoms with Crippen LogP contribution in [0.4, 0.5) is 0 Å². The van der Waals surface area contributed by atoms with Gasteiger partial charge in [0.2, 0.25) is 0 Å². The van der Waals surface area contributed by atoms with Crippen molar-refractivity contribution in [2.75, 3.05) is 0 Å². The van der Waals surface area contributed by atoms with Crippen molar-refractivity contribution in [1.29, 1.82) is 0 Å². The van der Waals surface area contributed by atoms with E-state index < -0.39 is 0 Å². The fourth-order valence-electron chi connectivity index (χ4n) is 0.913. The van der Waals surface area contributed by atoms with Crippen LogP contribution >= 0.6 is 0 Å². The van der Waals surface area contributed by atoms with E-state index in [4.69, 9.17) is 0 Å². The van der Waals surface area contributed by atoms with E-state index in [0.717, 1.165) is 11.3 Å². The molecule has 2 rings (SSSR count). The van der Waals surface area contributed by atoms with Crippen LogP contribution in [0.2, 0.25) is 0 Å². The second kappa shape index (κ2) is 6.49. The normalized spacial score (nSPS) is 8.60. The van der Waals surface area contributed by atoms with Crippen molar-refractivity contribution in [3.63, 3.8) is 0 Å². The lowest BCUT2D eigenvalue weighted by Gasteiger charge is -1.90. The van der Waals surface area contributed by atoms with Crippen molar-refractivity contribution in [2.24, 2.45) is 0 Å². The molecule has 15 heavy (non-hydrogen) atoms. The van der Waals surface area contributed by atoms with E-state index in [2.05, 4.69) is 16.5 Å². The maximum absolute atomic E-state index is 4.08. The fraction of sp³-hybridized carbons (Fsp3) is 0.0769. The van der Waals surface area contributed by atoms with E-state index in [9.17, 15) is 0 Å². The topological polar surface area (TPSA) is 25.8 Å². The Hall–Kier alpha value is -1.96. The lowest BCUT2D eigenvalue weighted by Crippen LogP contribution is -1.78. The van der Waals surface area contributed by atoms with Crippen molar-refractivity contribution in [3.8, 4) is 0 Å². The summed E-state index contributed by atoms with van der Waals surface area (Å²) in [5.41, 5.74) is 2.11. The van der Waals surface area contributed by atoms with Crippen LogP contribution in [-0.2, 0) is 0 Å². The van der Waals surface area contributed by atoms with Gasteiger partial charge < -0.3 is 0 Å². The second-order valence-corrected chi connectivity index (χ2v) is 2.96. The first kappa shape index (κ1) is 11.1. The van der Waals surface area contributed by atoms with Crippen LogP contribution in [0.3, 0.4) is 0 Å². The molecule has 0 aliphatic carbocycles. The van der Waals surface area contributed by atoms with Gasteiger partial charge in [0.1, 0.15) is 0 Å². The first-order chi connectivity index (χ1) is 7.33. The third-order valence-electron chi connectivity index (χ3n) is 1.74. The van der Waals surface area contributed by atoms with Crippen LogP contribution in [0.5, 0.6) is 0 Å². The predicted octanol–water partition coefficient (Wildman–Crippen LogP) is 3.11. The molecule has 0 N–H and O–H groups in total. The molecule has 0 bridgehead atoms. The quantitative estimate of drug-likeness (QED) is 0.703. The van der Waals surface area contributed by atoms with Gasteiger partial charge in [-0.1, -0.05) is 24.8 Å². The Morgan fingerprint density at radius 2 is 1.87 bits per heavy atom. The summed E-state index contributed by atoms with van der Waals surface area (Å²) in [4.78, 5) is 7.86. The van der Waals surface area contributed by atoms with Crippen LogP contribution in [0.25, 0.3) is 6.08 Å². The molecule has 0 fully saturated rings. The maximum Gasteiger partial charge on any atom is 0.0373 e. The number of hydrogen-bond acceptors (Lipinski definition) is 2. The van der Waals surface area contributed by atoms with Gasteiger partial charge in [-0.15, -0.1) is 0 Å². The van der Waals surface area contributed by atoms with Gasteiger partial charge in [-0.2, -0.15) is 0 Å². The average Bonchev–Trinajstić information content (AvgIpc) is 2.33. The second-order valence-electron chi connectivity index (χ2n) is 2.96. The van der Waals surface area contributed by atoms with Gasteiger partial charge in [-0.05, 0) is 30.7 Å². The predicted molar refractivity (Wildman–Crippen MR) is 63.3 cm³/mol. The van der Waals surface area contributed by atoms with Crippen molar-refractivity contribution < 1.29 is 0 Å². The van der Waals surface area contributed by atoms with Gasteiger partial charge in [0.15, 0.2) is 0 Å². The van der Waals surface area contributed by atoms with Crippen LogP contribution in [0.1, 0.15) is 11.3 Å². The van der Waals surface area contributed by atoms with Crippen LogP contribution in [-0.4, -0.2) is 9.97 Å². The Bertz CT molecular complexity index is 352. The summed E-state index contributed by atoms with van der Waals surface area (Å²) in [7, 11) is 0. The smallest absolute Gasteiger partial charge is 0.0373 e. The van der Waals surface area contributed by atoms with Crippen LogP contribution in [0, 0.1) is 6.92 Å². The Morgan fingerprint density at radius 1 is 1.13 bits per heavy atom. The Balaban J connectivity index is 0.000000162. The molecule has 0 radical (unpaired) electrons. The molecule has 2 heteroatoms. The number of hydrogen-bond donors (Lipinski definition) is 0. The Labute approximate surface area is 90.3 Å². The molecule has 2 aromatic heterocycles. The van der Waals surface area contributed by atoms with E-state index in [1.807, 2.05) is 43.5 Å². The molecule has 0 aromatic carbocycles.